The average Bonchev–Trinajstić information content (AvgIpc) is 2.71. The topological polar surface area (TPSA) is 300 Å². The van der Waals surface area contributed by atoms with Crippen LogP contribution in [0.5, 0.6) is 0 Å². The van der Waals surface area contributed by atoms with Gasteiger partial charge in [-0.15, -0.1) is 0 Å². The van der Waals surface area contributed by atoms with Crippen LogP contribution in [-0.2, 0) is 20.2 Å². The number of nitrogens with one attached hydrogen (secondary N) is 2. The van der Waals surface area contributed by atoms with Crippen LogP contribution in [0, 0.1) is 0 Å². The van der Waals surface area contributed by atoms with Gasteiger partial charge in [-0.3, -0.25) is 9.59 Å². The standard InChI is InChI=1S/C20H10Cl2N2O8S2.2Al.4H2O/c21-7-1-15-18(17(2-7)34(30,31)32)20(26)9-4-12-8(3-13(9)24-15)19(25)10-5-16(33(27,28)29)11(22)6-14(10)23-12;;;;;;/h1-6H,(H,23,25)(H,24,26)(H,27,28,29)(H,30,31,32);;;4*1H2/q;2*+3;;;;/p-6. The van der Waals surface area contributed by atoms with Gasteiger partial charge in [-0.2, -0.15) is 0 Å². The van der Waals surface area contributed by atoms with Gasteiger partial charge in [-0.25, -0.2) is 16.8 Å². The van der Waals surface area contributed by atoms with Crippen LogP contribution in [0.3, 0.4) is 0 Å². The van der Waals surface area contributed by atoms with Crippen molar-refractivity contribution in [2.24, 2.45) is 0 Å². The van der Waals surface area contributed by atoms with Crippen molar-refractivity contribution in [3.05, 3.63) is 66.9 Å². The fourth-order valence-electron chi connectivity index (χ4n) is 3.90. The van der Waals surface area contributed by atoms with Gasteiger partial charge in [0.1, 0.15) is 20.2 Å². The Morgan fingerprint density at radius 2 is 1.00 bits per heavy atom. The molecular weight excluding hydrogens is 649 g/mol. The number of aromatic amines is 2. The van der Waals surface area contributed by atoms with Gasteiger partial charge < -0.3 is 41.0 Å². The summed E-state index contributed by atoms with van der Waals surface area (Å²) in [7, 11) is -9.99. The third-order valence-corrected chi connectivity index (χ3v) is 7.72. The van der Waals surface area contributed by atoms with E-state index in [-0.39, 0.29) is 105 Å². The van der Waals surface area contributed by atoms with E-state index in [1.165, 1.54) is 18.2 Å². The minimum absolute atomic E-state index is 0. The third-order valence-electron chi connectivity index (χ3n) is 5.33. The molecule has 0 spiro atoms. The Labute approximate surface area is 254 Å². The van der Waals surface area contributed by atoms with Gasteiger partial charge >= 0.3 is 34.7 Å². The smallest absolute Gasteiger partial charge is 0.870 e. The van der Waals surface area contributed by atoms with Gasteiger partial charge in [0, 0.05) is 21.2 Å². The molecule has 0 saturated heterocycles. The molecule has 0 amide bonds. The van der Waals surface area contributed by atoms with Crippen LogP contribution >= 0.6 is 23.2 Å². The molecule has 14 nitrogen and oxygen atoms in total. The zero-order chi connectivity index (χ0) is 24.7. The normalized spacial score (nSPS) is 10.9. The zero-order valence-electron chi connectivity index (χ0n) is 19.2. The molecule has 0 fully saturated rings. The van der Waals surface area contributed by atoms with Gasteiger partial charge in [0.05, 0.1) is 42.3 Å². The minimum atomic E-state index is -5.04. The van der Waals surface area contributed by atoms with Crippen LogP contribution in [0.25, 0.3) is 43.6 Å². The molecule has 0 aliphatic heterocycles. The maximum Gasteiger partial charge on any atom is 3.00 e. The summed E-state index contributed by atoms with van der Waals surface area (Å²) >= 11 is 11.8. The molecule has 20 heteroatoms. The van der Waals surface area contributed by atoms with Crippen molar-refractivity contribution in [3.63, 3.8) is 0 Å². The van der Waals surface area contributed by atoms with Crippen molar-refractivity contribution in [1.29, 1.82) is 0 Å². The first-order chi connectivity index (χ1) is 15.8. The first-order valence-electron chi connectivity index (χ1n) is 9.16. The number of pyridine rings is 2. The molecule has 0 aliphatic carbocycles. The van der Waals surface area contributed by atoms with Crippen LogP contribution in [0.15, 0.2) is 55.8 Å². The molecule has 206 valence electrons. The van der Waals surface area contributed by atoms with E-state index in [1.54, 1.807) is 0 Å². The summed E-state index contributed by atoms with van der Waals surface area (Å²) in [6, 6.07) is 6.70. The molecule has 0 saturated carbocycles. The second kappa shape index (κ2) is 13.3. The Bertz CT molecular complexity index is 2100. The number of halogens is 2. The van der Waals surface area contributed by atoms with E-state index in [0.717, 1.165) is 18.2 Å². The maximum absolute atomic E-state index is 13.2. The van der Waals surface area contributed by atoms with E-state index in [9.17, 15) is 35.5 Å². The van der Waals surface area contributed by atoms with Crippen molar-refractivity contribution >= 4 is 122 Å². The fourth-order valence-corrected chi connectivity index (χ4v) is 5.91. The Kier molecular flexibility index (Phi) is 13.3. The molecule has 5 rings (SSSR count). The molecule has 0 atom stereocenters. The summed E-state index contributed by atoms with van der Waals surface area (Å²) in [5.41, 5.74) is -1.12. The molecule has 2 aromatic heterocycles. The zero-order valence-corrected chi connectivity index (χ0v) is 24.7. The van der Waals surface area contributed by atoms with Gasteiger partial charge in [-0.05, 0) is 36.4 Å². The van der Waals surface area contributed by atoms with Crippen LogP contribution in [0.1, 0.15) is 0 Å². The fraction of sp³-hybridized carbons (Fsp3) is 0. The number of aromatic nitrogens is 2. The predicted octanol–water partition coefficient (Wildman–Crippen LogP) is 1.32. The summed E-state index contributed by atoms with van der Waals surface area (Å²) in [5.74, 6) is 0. The molecule has 3 aromatic carbocycles. The first kappa shape index (κ1) is 40.0. The second-order valence-electron chi connectivity index (χ2n) is 7.41. The SMILES string of the molecule is O=c1c2cc(S(=O)(=O)[O-])c(Cl)cc2[nH]c2cc3c(=O)c4c(S(=O)(=O)[O-])cc(Cl)cc4[nH]c3cc12.[Al+3].[Al+3].[OH-].[OH-].[OH-].[OH-]. The Morgan fingerprint density at radius 3 is 1.50 bits per heavy atom. The Balaban J connectivity index is 0. The van der Waals surface area contributed by atoms with E-state index in [0.29, 0.717) is 0 Å². The Morgan fingerprint density at radius 1 is 0.575 bits per heavy atom. The van der Waals surface area contributed by atoms with Gasteiger partial charge in [0.25, 0.3) is 0 Å². The largest absolute Gasteiger partial charge is 3.00 e. The number of hydrogen-bond donors (Lipinski definition) is 2. The van der Waals surface area contributed by atoms with Crippen molar-refractivity contribution in [2.75, 3.05) is 0 Å². The quantitative estimate of drug-likeness (QED) is 0.154. The number of rotatable bonds is 2. The predicted molar refractivity (Wildman–Crippen MR) is 143 cm³/mol. The number of H-pyrrole nitrogens is 2. The van der Waals surface area contributed by atoms with Crippen LogP contribution in [0.4, 0.5) is 0 Å². The molecular formula is C20H12Al2Cl2N2O12S2. The summed E-state index contributed by atoms with van der Waals surface area (Å²) in [4.78, 5) is 30.4. The van der Waals surface area contributed by atoms with Crippen LogP contribution in [-0.4, -0.2) is 92.5 Å². The average molecular weight is 661 g/mol. The molecule has 5 aromatic rings. The van der Waals surface area contributed by atoms with Crippen molar-refractivity contribution < 1.29 is 47.8 Å². The van der Waals surface area contributed by atoms with E-state index in [4.69, 9.17) is 23.2 Å². The number of fused-ring (bicyclic) bond motifs is 4. The molecule has 0 radical (unpaired) electrons. The van der Waals surface area contributed by atoms with E-state index >= 15 is 0 Å². The van der Waals surface area contributed by atoms with Gasteiger partial charge in [0.15, 0.2) is 10.9 Å². The molecule has 0 aliphatic rings. The molecule has 0 bridgehead atoms. The summed E-state index contributed by atoms with van der Waals surface area (Å²) in [5, 5.41) is -1.02. The van der Waals surface area contributed by atoms with Crippen molar-refractivity contribution in [1.82, 2.24) is 9.97 Å². The first-order valence-corrected chi connectivity index (χ1v) is 12.7. The van der Waals surface area contributed by atoms with Crippen LogP contribution in [0.2, 0.25) is 10.0 Å². The van der Waals surface area contributed by atoms with Crippen LogP contribution < -0.4 is 10.9 Å². The van der Waals surface area contributed by atoms with E-state index in [2.05, 4.69) is 9.97 Å². The van der Waals surface area contributed by atoms with Crippen molar-refractivity contribution in [3.8, 4) is 0 Å². The summed E-state index contributed by atoms with van der Waals surface area (Å²) in [6.45, 7) is 0. The number of benzene rings is 3. The molecule has 2 heterocycles. The second-order valence-corrected chi connectivity index (χ2v) is 11.0. The maximum atomic E-state index is 13.2. The van der Waals surface area contributed by atoms with Crippen molar-refractivity contribution in [2.45, 2.75) is 9.79 Å². The van der Waals surface area contributed by atoms with E-state index < -0.39 is 45.9 Å². The molecule has 40 heavy (non-hydrogen) atoms. The third kappa shape index (κ3) is 6.52. The minimum Gasteiger partial charge on any atom is -0.870 e. The number of hydrogen-bond acceptors (Lipinski definition) is 12. The monoisotopic (exact) mass is 660 g/mol. The summed E-state index contributed by atoms with van der Waals surface area (Å²) < 4.78 is 69.6. The van der Waals surface area contributed by atoms with Gasteiger partial charge in [0.2, 0.25) is 0 Å². The Hall–Kier alpha value is -2.10. The molecule has 6 N–H and O–H groups in total. The summed E-state index contributed by atoms with van der Waals surface area (Å²) in [6.07, 6.45) is 0. The van der Waals surface area contributed by atoms with Gasteiger partial charge in [-0.1, -0.05) is 23.2 Å². The van der Waals surface area contributed by atoms with E-state index in [1.807, 2.05) is 0 Å². The molecule has 0 unspecified atom stereocenters.